The molecule has 5 nitrogen and oxygen atoms in total. The first-order valence-corrected chi connectivity index (χ1v) is 8.66. The fraction of sp³-hybridized carbons (Fsp3) is 0.250. The van der Waals surface area contributed by atoms with Gasteiger partial charge in [-0.25, -0.2) is 0 Å². The third kappa shape index (κ3) is 4.32. The molecule has 0 saturated carbocycles. The zero-order valence-corrected chi connectivity index (χ0v) is 15.9. The van der Waals surface area contributed by atoms with Crippen LogP contribution >= 0.6 is 39.1 Å². The lowest BCUT2D eigenvalue weighted by Crippen LogP contribution is -2.28. The summed E-state index contributed by atoms with van der Waals surface area (Å²) in [6.45, 7) is 0.394. The van der Waals surface area contributed by atoms with E-state index in [1.165, 1.54) is 17.7 Å². The van der Waals surface area contributed by atoms with Gasteiger partial charge in [0.1, 0.15) is 0 Å². The summed E-state index contributed by atoms with van der Waals surface area (Å²) in [5.41, 5.74) is 0.322. The largest absolute Gasteiger partial charge is 0.502 e. The number of benzene rings is 1. The lowest BCUT2D eigenvalue weighted by molar-refractivity contribution is 0.0950. The Labute approximate surface area is 157 Å². The summed E-state index contributed by atoms with van der Waals surface area (Å²) in [6.07, 6.45) is 1.39. The molecule has 0 aliphatic carbocycles. The zero-order chi connectivity index (χ0) is 17.9. The number of nitrogens with zero attached hydrogens (tertiary/aromatic N) is 1. The number of carbonyl (C=O) groups excluding carboxylic acids is 1. The van der Waals surface area contributed by atoms with E-state index in [1.54, 1.807) is 12.1 Å². The van der Waals surface area contributed by atoms with E-state index < -0.39 is 17.2 Å². The van der Waals surface area contributed by atoms with Gasteiger partial charge in [-0.1, -0.05) is 29.3 Å². The highest BCUT2D eigenvalue weighted by atomic mass is 79.9. The number of amides is 1. The second-order valence-electron chi connectivity index (χ2n) is 5.20. The predicted molar refractivity (Wildman–Crippen MR) is 98.2 cm³/mol. The van der Waals surface area contributed by atoms with Crippen LogP contribution < -0.4 is 10.9 Å². The molecule has 1 amide bonds. The smallest absolute Gasteiger partial charge is 0.294 e. The summed E-state index contributed by atoms with van der Waals surface area (Å²) in [5, 5.41) is 13.5. The molecule has 8 heteroatoms. The number of hydrogen-bond donors (Lipinski definition) is 2. The maximum atomic E-state index is 12.1. The first-order chi connectivity index (χ1) is 11.3. The van der Waals surface area contributed by atoms with Gasteiger partial charge < -0.3 is 15.0 Å². The summed E-state index contributed by atoms with van der Waals surface area (Å²) in [6, 6.07) is 6.80. The summed E-state index contributed by atoms with van der Waals surface area (Å²) in [5.74, 6) is -1.07. The Bertz CT molecular complexity index is 837. The number of rotatable bonds is 5. The Hall–Kier alpha value is -1.50. The Morgan fingerprint density at radius 3 is 2.67 bits per heavy atom. The van der Waals surface area contributed by atoms with E-state index in [0.29, 0.717) is 34.0 Å². The van der Waals surface area contributed by atoms with Gasteiger partial charge in [-0.2, -0.15) is 0 Å². The minimum Gasteiger partial charge on any atom is -0.502 e. The zero-order valence-electron chi connectivity index (χ0n) is 12.8. The third-order valence-electron chi connectivity index (χ3n) is 3.50. The topological polar surface area (TPSA) is 71.3 Å². The summed E-state index contributed by atoms with van der Waals surface area (Å²) in [7, 11) is 1.49. The molecule has 1 heterocycles. The third-order valence-corrected chi connectivity index (χ3v) is 5.00. The monoisotopic (exact) mass is 432 g/mol. The van der Waals surface area contributed by atoms with Crippen molar-refractivity contribution >= 4 is 45.0 Å². The second kappa shape index (κ2) is 8.05. The van der Waals surface area contributed by atoms with Crippen molar-refractivity contribution < 1.29 is 9.90 Å². The Morgan fingerprint density at radius 1 is 1.29 bits per heavy atom. The molecule has 0 aliphatic heterocycles. The Morgan fingerprint density at radius 2 is 2.00 bits per heavy atom. The van der Waals surface area contributed by atoms with Crippen LogP contribution in [0.5, 0.6) is 5.75 Å². The van der Waals surface area contributed by atoms with Crippen molar-refractivity contribution in [3.05, 3.63) is 60.4 Å². The van der Waals surface area contributed by atoms with E-state index in [9.17, 15) is 14.7 Å². The fourth-order valence-corrected chi connectivity index (χ4v) is 2.82. The van der Waals surface area contributed by atoms with E-state index in [2.05, 4.69) is 21.2 Å². The second-order valence-corrected chi connectivity index (χ2v) is 6.83. The van der Waals surface area contributed by atoms with Gasteiger partial charge in [0, 0.05) is 13.6 Å². The van der Waals surface area contributed by atoms with Crippen LogP contribution in [0.2, 0.25) is 10.0 Å². The molecule has 0 unspecified atom stereocenters. The molecule has 0 aliphatic rings. The normalized spacial score (nSPS) is 10.7. The minimum atomic E-state index is -0.634. The van der Waals surface area contributed by atoms with Crippen molar-refractivity contribution in [1.29, 1.82) is 0 Å². The van der Waals surface area contributed by atoms with Gasteiger partial charge >= 0.3 is 0 Å². The van der Waals surface area contributed by atoms with Gasteiger partial charge in [0.05, 0.1) is 20.2 Å². The number of aromatic nitrogens is 1. The Balaban J connectivity index is 1.94. The molecule has 0 bridgehead atoms. The number of carbonyl (C=O) groups is 1. The van der Waals surface area contributed by atoms with E-state index >= 15 is 0 Å². The standard InChI is InChI=1S/C16H15BrCl2N2O3/c1-21-13(17)8-10(14(22)16(21)24)15(23)20-6-2-3-9-4-5-11(18)12(19)7-9/h4-5,7-8,22H,2-3,6H2,1H3,(H,20,23). The molecule has 2 rings (SSSR count). The van der Waals surface area contributed by atoms with Crippen molar-refractivity contribution in [3.63, 3.8) is 0 Å². The van der Waals surface area contributed by atoms with Crippen LogP contribution in [0.15, 0.2) is 33.7 Å². The van der Waals surface area contributed by atoms with Gasteiger partial charge in [0.25, 0.3) is 11.5 Å². The van der Waals surface area contributed by atoms with Crippen LogP contribution in [0.25, 0.3) is 0 Å². The summed E-state index contributed by atoms with van der Waals surface area (Å²) in [4.78, 5) is 23.9. The van der Waals surface area contributed by atoms with Crippen molar-refractivity contribution in [2.75, 3.05) is 6.54 Å². The van der Waals surface area contributed by atoms with E-state index in [4.69, 9.17) is 23.2 Å². The van der Waals surface area contributed by atoms with E-state index in [-0.39, 0.29) is 5.56 Å². The number of halogens is 3. The van der Waals surface area contributed by atoms with Gasteiger partial charge in [-0.05, 0) is 52.5 Å². The van der Waals surface area contributed by atoms with Crippen molar-refractivity contribution in [1.82, 2.24) is 9.88 Å². The highest BCUT2D eigenvalue weighted by molar-refractivity contribution is 9.10. The first kappa shape index (κ1) is 18.8. The molecule has 0 fully saturated rings. The summed E-state index contributed by atoms with van der Waals surface area (Å²) >= 11 is 15.0. The van der Waals surface area contributed by atoms with Crippen LogP contribution in [0.3, 0.4) is 0 Å². The number of pyridine rings is 1. The van der Waals surface area contributed by atoms with Crippen LogP contribution in [0, 0.1) is 0 Å². The first-order valence-electron chi connectivity index (χ1n) is 7.12. The lowest BCUT2D eigenvalue weighted by atomic mass is 10.1. The number of aromatic hydroxyl groups is 1. The van der Waals surface area contributed by atoms with E-state index in [1.807, 2.05) is 6.07 Å². The molecule has 2 N–H and O–H groups in total. The predicted octanol–water partition coefficient (Wildman–Crippen LogP) is 3.52. The minimum absolute atomic E-state index is 0.0560. The van der Waals surface area contributed by atoms with Crippen LogP contribution in [0.4, 0.5) is 0 Å². The van der Waals surface area contributed by atoms with Crippen LogP contribution in [-0.4, -0.2) is 22.1 Å². The van der Waals surface area contributed by atoms with Crippen molar-refractivity contribution in [3.8, 4) is 5.75 Å². The molecular formula is C16H15BrCl2N2O3. The fourth-order valence-electron chi connectivity index (χ4n) is 2.11. The lowest BCUT2D eigenvalue weighted by Gasteiger charge is -2.09. The van der Waals surface area contributed by atoms with Crippen molar-refractivity contribution in [2.45, 2.75) is 12.8 Å². The molecule has 2 aromatic rings. The van der Waals surface area contributed by atoms with Crippen LogP contribution in [0.1, 0.15) is 22.3 Å². The SMILES string of the molecule is Cn1c(Br)cc(C(=O)NCCCc2ccc(Cl)c(Cl)c2)c(O)c1=O. The van der Waals surface area contributed by atoms with Crippen molar-refractivity contribution in [2.24, 2.45) is 7.05 Å². The molecule has 24 heavy (non-hydrogen) atoms. The highest BCUT2D eigenvalue weighted by Gasteiger charge is 2.16. The molecule has 0 radical (unpaired) electrons. The molecular weight excluding hydrogens is 419 g/mol. The van der Waals surface area contributed by atoms with Crippen LogP contribution in [-0.2, 0) is 13.5 Å². The number of aryl methyl sites for hydroxylation is 1. The maximum Gasteiger partial charge on any atom is 0.294 e. The highest BCUT2D eigenvalue weighted by Crippen LogP contribution is 2.23. The molecule has 128 valence electrons. The average Bonchev–Trinajstić information content (AvgIpc) is 2.56. The number of nitrogens with one attached hydrogen (secondary N) is 1. The van der Waals surface area contributed by atoms with Gasteiger partial charge in [0.2, 0.25) is 0 Å². The average molecular weight is 434 g/mol. The van der Waals surface area contributed by atoms with Gasteiger partial charge in [-0.3, -0.25) is 9.59 Å². The Kier molecular flexibility index (Phi) is 6.32. The quantitative estimate of drug-likeness (QED) is 0.559. The maximum absolute atomic E-state index is 12.1. The van der Waals surface area contributed by atoms with Gasteiger partial charge in [0.15, 0.2) is 5.75 Å². The van der Waals surface area contributed by atoms with Gasteiger partial charge in [-0.15, -0.1) is 0 Å². The molecule has 1 aromatic carbocycles. The number of hydrogen-bond acceptors (Lipinski definition) is 3. The molecule has 0 spiro atoms. The molecule has 1 aromatic heterocycles. The molecule has 0 atom stereocenters. The van der Waals surface area contributed by atoms with E-state index in [0.717, 1.165) is 5.56 Å². The molecule has 0 saturated heterocycles. The summed E-state index contributed by atoms with van der Waals surface area (Å²) < 4.78 is 1.61.